The maximum Gasteiger partial charge on any atom is 0.0632 e. The van der Waals surface area contributed by atoms with Gasteiger partial charge in [0, 0.05) is 25.8 Å². The fraction of sp³-hybridized carbons (Fsp3) is 0.400. The third kappa shape index (κ3) is 5.07. The van der Waals surface area contributed by atoms with Crippen molar-refractivity contribution in [2.45, 2.75) is 13.0 Å². The number of hydrogen-bond acceptors (Lipinski definition) is 3. The highest BCUT2D eigenvalue weighted by Gasteiger charge is 2.05. The van der Waals surface area contributed by atoms with Crippen LogP contribution < -0.4 is 0 Å². The fourth-order valence-electron chi connectivity index (χ4n) is 2.11. The minimum Gasteiger partial charge on any atom is -0.395 e. The summed E-state index contributed by atoms with van der Waals surface area (Å²) in [6.45, 7) is 3.57. The number of rotatable bonds is 8. The zero-order chi connectivity index (χ0) is 14.2. The summed E-state index contributed by atoms with van der Waals surface area (Å²) >= 11 is 3.39. The predicted octanol–water partition coefficient (Wildman–Crippen LogP) is 2.18. The fourth-order valence-corrected chi connectivity index (χ4v) is 2.44. The van der Waals surface area contributed by atoms with Gasteiger partial charge < -0.3 is 5.11 Å². The van der Waals surface area contributed by atoms with Crippen molar-refractivity contribution in [3.05, 3.63) is 52.8 Å². The Labute approximate surface area is 128 Å². The van der Waals surface area contributed by atoms with E-state index in [1.807, 2.05) is 16.9 Å². The zero-order valence-corrected chi connectivity index (χ0v) is 13.0. The zero-order valence-electron chi connectivity index (χ0n) is 11.5. The molecule has 5 heteroatoms. The van der Waals surface area contributed by atoms with E-state index >= 15 is 0 Å². The lowest BCUT2D eigenvalue weighted by atomic mass is 10.1. The van der Waals surface area contributed by atoms with Gasteiger partial charge in [-0.15, -0.1) is 0 Å². The summed E-state index contributed by atoms with van der Waals surface area (Å²) < 4.78 is 2.91. The first kappa shape index (κ1) is 15.2. The van der Waals surface area contributed by atoms with E-state index in [1.54, 1.807) is 6.20 Å². The van der Waals surface area contributed by atoms with E-state index in [9.17, 15) is 0 Å². The molecule has 0 aliphatic rings. The summed E-state index contributed by atoms with van der Waals surface area (Å²) in [6.07, 6.45) is 4.76. The molecule has 1 N–H and O–H groups in total. The molecule has 0 aliphatic heterocycles. The summed E-state index contributed by atoms with van der Waals surface area (Å²) in [6, 6.07) is 10.4. The van der Waals surface area contributed by atoms with Gasteiger partial charge in [-0.05, 0) is 27.9 Å². The van der Waals surface area contributed by atoms with Crippen LogP contribution in [0, 0.1) is 0 Å². The van der Waals surface area contributed by atoms with Crippen LogP contribution in [0.2, 0.25) is 0 Å². The van der Waals surface area contributed by atoms with Crippen LogP contribution in [-0.2, 0) is 13.0 Å². The Morgan fingerprint density at radius 1 is 1.15 bits per heavy atom. The van der Waals surface area contributed by atoms with E-state index in [-0.39, 0.29) is 6.61 Å². The summed E-state index contributed by atoms with van der Waals surface area (Å²) in [7, 11) is 0. The molecule has 0 unspecified atom stereocenters. The largest absolute Gasteiger partial charge is 0.395 e. The van der Waals surface area contributed by atoms with Gasteiger partial charge in [0.25, 0.3) is 0 Å². The minimum absolute atomic E-state index is 0.192. The second-order valence-corrected chi connectivity index (χ2v) is 5.64. The van der Waals surface area contributed by atoms with Crippen LogP contribution in [-0.4, -0.2) is 46.0 Å². The number of halogens is 1. The molecule has 0 saturated heterocycles. The Kier molecular flexibility index (Phi) is 6.24. The molecule has 0 spiro atoms. The Morgan fingerprint density at radius 3 is 2.60 bits per heavy atom. The number of hydrogen-bond donors (Lipinski definition) is 1. The number of aromatic nitrogens is 2. The van der Waals surface area contributed by atoms with Crippen molar-refractivity contribution in [1.82, 2.24) is 14.7 Å². The summed E-state index contributed by atoms with van der Waals surface area (Å²) in [5, 5.41) is 13.4. The van der Waals surface area contributed by atoms with Gasteiger partial charge in [-0.2, -0.15) is 5.10 Å². The van der Waals surface area contributed by atoms with Crippen molar-refractivity contribution in [1.29, 1.82) is 0 Å². The number of nitrogens with zero attached hydrogens (tertiary/aromatic N) is 3. The van der Waals surface area contributed by atoms with E-state index in [2.05, 4.69) is 50.2 Å². The van der Waals surface area contributed by atoms with Gasteiger partial charge in [0.1, 0.15) is 0 Å². The highest BCUT2D eigenvalue weighted by atomic mass is 79.9. The van der Waals surface area contributed by atoms with Gasteiger partial charge in [-0.1, -0.05) is 30.3 Å². The molecule has 0 saturated carbocycles. The van der Waals surface area contributed by atoms with Crippen LogP contribution >= 0.6 is 15.9 Å². The molecule has 0 bridgehead atoms. The van der Waals surface area contributed by atoms with Crippen LogP contribution in [0.1, 0.15) is 5.56 Å². The Bertz CT molecular complexity index is 501. The van der Waals surface area contributed by atoms with Crippen LogP contribution in [0.3, 0.4) is 0 Å². The lowest BCUT2D eigenvalue weighted by Crippen LogP contribution is -2.32. The molecule has 4 nitrogen and oxygen atoms in total. The molecule has 20 heavy (non-hydrogen) atoms. The van der Waals surface area contributed by atoms with Gasteiger partial charge in [0.2, 0.25) is 0 Å². The van der Waals surface area contributed by atoms with Gasteiger partial charge in [0.15, 0.2) is 0 Å². The van der Waals surface area contributed by atoms with Crippen LogP contribution in [0.15, 0.2) is 47.2 Å². The quantitative estimate of drug-likeness (QED) is 0.802. The van der Waals surface area contributed by atoms with E-state index in [4.69, 9.17) is 5.11 Å². The lowest BCUT2D eigenvalue weighted by Gasteiger charge is -2.21. The highest BCUT2D eigenvalue weighted by Crippen LogP contribution is 2.06. The van der Waals surface area contributed by atoms with Crippen LogP contribution in [0.4, 0.5) is 0 Å². The smallest absolute Gasteiger partial charge is 0.0632 e. The Hall–Kier alpha value is -1.17. The van der Waals surface area contributed by atoms with E-state index in [0.29, 0.717) is 6.54 Å². The standard InChI is InChI=1S/C15H20BrN3O/c16-15-12-17-19(13-15)9-8-18(10-11-20)7-6-14-4-2-1-3-5-14/h1-5,12-13,20H,6-11H2. The second kappa shape index (κ2) is 8.19. The van der Waals surface area contributed by atoms with Crippen molar-refractivity contribution < 1.29 is 5.11 Å². The van der Waals surface area contributed by atoms with Crippen molar-refractivity contribution in [2.24, 2.45) is 0 Å². The minimum atomic E-state index is 0.192. The normalized spacial score (nSPS) is 11.2. The van der Waals surface area contributed by atoms with E-state index < -0.39 is 0 Å². The molecular formula is C15H20BrN3O. The maximum absolute atomic E-state index is 9.16. The van der Waals surface area contributed by atoms with Gasteiger partial charge in [0.05, 0.1) is 23.8 Å². The molecule has 1 heterocycles. The first-order chi connectivity index (χ1) is 9.78. The molecule has 1 aromatic heterocycles. The van der Waals surface area contributed by atoms with Gasteiger partial charge >= 0.3 is 0 Å². The maximum atomic E-state index is 9.16. The third-order valence-electron chi connectivity index (χ3n) is 3.22. The molecule has 1 aromatic carbocycles. The second-order valence-electron chi connectivity index (χ2n) is 4.72. The van der Waals surface area contributed by atoms with Gasteiger partial charge in [-0.25, -0.2) is 0 Å². The summed E-state index contributed by atoms with van der Waals surface area (Å²) in [5.41, 5.74) is 1.33. The molecule has 0 fully saturated rings. The summed E-state index contributed by atoms with van der Waals surface area (Å²) in [5.74, 6) is 0. The number of aliphatic hydroxyl groups is 1. The van der Waals surface area contributed by atoms with Crippen molar-refractivity contribution >= 4 is 15.9 Å². The number of benzene rings is 1. The molecular weight excluding hydrogens is 318 g/mol. The highest BCUT2D eigenvalue weighted by molar-refractivity contribution is 9.10. The topological polar surface area (TPSA) is 41.3 Å². The molecule has 0 aliphatic carbocycles. The summed E-state index contributed by atoms with van der Waals surface area (Å²) in [4.78, 5) is 2.27. The van der Waals surface area contributed by atoms with E-state index in [1.165, 1.54) is 5.56 Å². The van der Waals surface area contributed by atoms with Crippen molar-refractivity contribution in [3.63, 3.8) is 0 Å². The van der Waals surface area contributed by atoms with Gasteiger partial charge in [-0.3, -0.25) is 9.58 Å². The monoisotopic (exact) mass is 337 g/mol. The number of aliphatic hydroxyl groups excluding tert-OH is 1. The average molecular weight is 338 g/mol. The predicted molar refractivity (Wildman–Crippen MR) is 83.6 cm³/mol. The molecule has 2 aromatic rings. The third-order valence-corrected chi connectivity index (χ3v) is 3.63. The first-order valence-electron chi connectivity index (χ1n) is 6.83. The molecule has 0 radical (unpaired) electrons. The molecule has 0 atom stereocenters. The molecule has 108 valence electrons. The van der Waals surface area contributed by atoms with Crippen molar-refractivity contribution in [2.75, 3.05) is 26.2 Å². The molecule has 0 amide bonds. The molecule has 2 rings (SSSR count). The Morgan fingerprint density at radius 2 is 1.95 bits per heavy atom. The average Bonchev–Trinajstić information content (AvgIpc) is 2.89. The van der Waals surface area contributed by atoms with Crippen LogP contribution in [0.25, 0.3) is 0 Å². The van der Waals surface area contributed by atoms with E-state index in [0.717, 1.165) is 30.5 Å². The van der Waals surface area contributed by atoms with Crippen molar-refractivity contribution in [3.8, 4) is 0 Å². The first-order valence-corrected chi connectivity index (χ1v) is 7.62. The Balaban J connectivity index is 1.80. The lowest BCUT2D eigenvalue weighted by molar-refractivity contribution is 0.191. The van der Waals surface area contributed by atoms with Crippen LogP contribution in [0.5, 0.6) is 0 Å². The SMILES string of the molecule is OCCN(CCc1ccccc1)CCn1cc(Br)cn1.